The van der Waals surface area contributed by atoms with E-state index in [1.54, 1.807) is 26.0 Å². The van der Waals surface area contributed by atoms with E-state index in [1.165, 1.54) is 43.0 Å². The van der Waals surface area contributed by atoms with Gasteiger partial charge < -0.3 is 5.32 Å². The molecule has 2 heterocycles. The molecule has 0 atom stereocenters. The van der Waals surface area contributed by atoms with Crippen LogP contribution in [-0.2, 0) is 16.6 Å². The number of rotatable bonds is 7. The fourth-order valence-corrected chi connectivity index (χ4v) is 3.85. The lowest BCUT2D eigenvalue weighted by atomic mass is 10.2. The molecule has 0 unspecified atom stereocenters. The van der Waals surface area contributed by atoms with Crippen molar-refractivity contribution >= 4 is 15.9 Å². The van der Waals surface area contributed by atoms with E-state index in [2.05, 4.69) is 25.0 Å². The first kappa shape index (κ1) is 21.5. The number of benzene rings is 1. The summed E-state index contributed by atoms with van der Waals surface area (Å²) in [5, 5.41) is 2.67. The van der Waals surface area contributed by atoms with Crippen LogP contribution in [0.5, 0.6) is 0 Å². The zero-order valence-electron chi connectivity index (χ0n) is 16.3. The van der Waals surface area contributed by atoms with Gasteiger partial charge in [0.1, 0.15) is 10.7 Å². The van der Waals surface area contributed by atoms with Crippen molar-refractivity contribution in [2.75, 3.05) is 0 Å². The van der Waals surface area contributed by atoms with E-state index < -0.39 is 21.7 Å². The minimum Gasteiger partial charge on any atom is -0.348 e. The number of amides is 1. The Morgan fingerprint density at radius 2 is 1.83 bits per heavy atom. The van der Waals surface area contributed by atoms with E-state index in [0.29, 0.717) is 17.0 Å². The molecule has 0 saturated carbocycles. The second kappa shape index (κ2) is 9.06. The third kappa shape index (κ3) is 5.43. The van der Waals surface area contributed by atoms with Gasteiger partial charge in [0, 0.05) is 42.9 Å². The Balaban J connectivity index is 1.67. The molecule has 0 aliphatic carbocycles. The summed E-state index contributed by atoms with van der Waals surface area (Å²) in [6.07, 6.45) is 5.40. The van der Waals surface area contributed by atoms with Crippen molar-refractivity contribution < 1.29 is 17.6 Å². The first-order valence-electron chi connectivity index (χ1n) is 9.07. The number of hydrogen-bond donors (Lipinski definition) is 2. The minimum atomic E-state index is -3.68. The molecule has 0 saturated heterocycles. The van der Waals surface area contributed by atoms with Crippen molar-refractivity contribution in [2.24, 2.45) is 0 Å². The summed E-state index contributed by atoms with van der Waals surface area (Å²) < 4.78 is 40.3. The van der Waals surface area contributed by atoms with E-state index in [4.69, 9.17) is 0 Å². The van der Waals surface area contributed by atoms with E-state index in [1.807, 2.05) is 0 Å². The van der Waals surface area contributed by atoms with Crippen molar-refractivity contribution in [3.05, 3.63) is 72.1 Å². The van der Waals surface area contributed by atoms with E-state index >= 15 is 0 Å². The first-order valence-corrected chi connectivity index (χ1v) is 10.6. The summed E-state index contributed by atoms with van der Waals surface area (Å²) >= 11 is 0. The maximum atomic E-state index is 13.3. The summed E-state index contributed by atoms with van der Waals surface area (Å²) in [5.41, 5.74) is 1.24. The van der Waals surface area contributed by atoms with E-state index in [9.17, 15) is 17.6 Å². The van der Waals surface area contributed by atoms with Gasteiger partial charge in [-0.1, -0.05) is 12.1 Å². The highest BCUT2D eigenvalue weighted by molar-refractivity contribution is 7.89. The van der Waals surface area contributed by atoms with Crippen LogP contribution in [0.3, 0.4) is 0 Å². The quantitative estimate of drug-likeness (QED) is 0.596. The molecular weight excluding hydrogens is 409 g/mol. The van der Waals surface area contributed by atoms with Gasteiger partial charge in [-0.3, -0.25) is 9.78 Å². The van der Waals surface area contributed by atoms with Crippen molar-refractivity contribution in [3.63, 3.8) is 0 Å². The van der Waals surface area contributed by atoms with Crippen molar-refractivity contribution in [2.45, 2.75) is 31.3 Å². The highest BCUT2D eigenvalue weighted by Gasteiger charge is 2.16. The van der Waals surface area contributed by atoms with Crippen LogP contribution >= 0.6 is 0 Å². The molecule has 0 aliphatic heterocycles. The van der Waals surface area contributed by atoms with Gasteiger partial charge in [-0.25, -0.2) is 27.5 Å². The lowest BCUT2D eigenvalue weighted by molar-refractivity contribution is 0.0950. The largest absolute Gasteiger partial charge is 0.348 e. The molecule has 0 radical (unpaired) electrons. The number of hydrogen-bond acceptors (Lipinski definition) is 6. The molecule has 3 aromatic rings. The topological polar surface area (TPSA) is 114 Å². The monoisotopic (exact) mass is 429 g/mol. The van der Waals surface area contributed by atoms with Gasteiger partial charge in [0.2, 0.25) is 10.0 Å². The third-order valence-electron chi connectivity index (χ3n) is 3.92. The Morgan fingerprint density at radius 3 is 2.50 bits per heavy atom. The second-order valence-electron chi connectivity index (χ2n) is 6.79. The van der Waals surface area contributed by atoms with Crippen LogP contribution in [0.15, 0.2) is 60.0 Å². The summed E-state index contributed by atoms with van der Waals surface area (Å²) in [7, 11) is -3.68. The van der Waals surface area contributed by atoms with Gasteiger partial charge >= 0.3 is 0 Å². The summed E-state index contributed by atoms with van der Waals surface area (Å²) in [6, 6.07) is 7.03. The molecule has 8 nitrogen and oxygen atoms in total. The molecule has 156 valence electrons. The third-order valence-corrected chi connectivity index (χ3v) is 5.55. The second-order valence-corrected chi connectivity index (χ2v) is 8.51. The molecule has 2 aromatic heterocycles. The molecule has 0 fully saturated rings. The average molecular weight is 429 g/mol. The zero-order valence-corrected chi connectivity index (χ0v) is 17.1. The normalized spacial score (nSPS) is 11.5. The Labute approximate surface area is 173 Å². The van der Waals surface area contributed by atoms with Gasteiger partial charge in [-0.05, 0) is 37.6 Å². The first-order chi connectivity index (χ1) is 14.2. The molecule has 30 heavy (non-hydrogen) atoms. The molecule has 10 heteroatoms. The van der Waals surface area contributed by atoms with Crippen LogP contribution in [0.4, 0.5) is 4.39 Å². The Bertz CT molecular complexity index is 1150. The fourth-order valence-electron chi connectivity index (χ4n) is 2.59. The van der Waals surface area contributed by atoms with Gasteiger partial charge in [0.25, 0.3) is 5.91 Å². The van der Waals surface area contributed by atoms with E-state index in [0.717, 1.165) is 0 Å². The molecule has 0 spiro atoms. The number of sulfonamides is 1. The van der Waals surface area contributed by atoms with Crippen LogP contribution in [0, 0.1) is 5.82 Å². The lowest BCUT2D eigenvalue weighted by Crippen LogP contribution is -2.30. The SMILES string of the molecule is CC(C)NS(=O)(=O)c1cncc(CNC(=O)c2cnc(-c3cccc(F)c3)nc2)c1. The van der Waals surface area contributed by atoms with Crippen LogP contribution < -0.4 is 10.0 Å². The number of nitrogens with zero attached hydrogens (tertiary/aromatic N) is 3. The van der Waals surface area contributed by atoms with Crippen molar-refractivity contribution in [1.29, 1.82) is 0 Å². The van der Waals surface area contributed by atoms with Gasteiger partial charge in [-0.15, -0.1) is 0 Å². The number of halogens is 1. The van der Waals surface area contributed by atoms with Crippen LogP contribution in [0.2, 0.25) is 0 Å². The Morgan fingerprint density at radius 1 is 1.10 bits per heavy atom. The number of pyridine rings is 1. The average Bonchev–Trinajstić information content (AvgIpc) is 2.71. The predicted octanol–water partition coefficient (Wildman–Crippen LogP) is 2.29. The molecule has 0 aliphatic rings. The Kier molecular flexibility index (Phi) is 6.48. The smallest absolute Gasteiger partial charge is 0.254 e. The highest BCUT2D eigenvalue weighted by atomic mass is 32.2. The van der Waals surface area contributed by atoms with Gasteiger partial charge in [-0.2, -0.15) is 0 Å². The molecule has 2 N–H and O–H groups in total. The number of carbonyl (C=O) groups is 1. The molecule has 1 amide bonds. The Hall–Kier alpha value is -3.24. The van der Waals surface area contributed by atoms with Crippen LogP contribution in [0.25, 0.3) is 11.4 Å². The van der Waals surface area contributed by atoms with Gasteiger partial charge in [0.15, 0.2) is 5.82 Å². The number of nitrogens with one attached hydrogen (secondary N) is 2. The molecule has 3 rings (SSSR count). The van der Waals surface area contributed by atoms with Crippen LogP contribution in [-0.4, -0.2) is 35.3 Å². The minimum absolute atomic E-state index is 0.0192. The van der Waals surface area contributed by atoms with E-state index in [-0.39, 0.29) is 23.0 Å². The maximum Gasteiger partial charge on any atom is 0.254 e. The molecular formula is C20H20FN5O3S. The van der Waals surface area contributed by atoms with Crippen molar-refractivity contribution in [3.8, 4) is 11.4 Å². The fraction of sp³-hybridized carbons (Fsp3) is 0.200. The predicted molar refractivity (Wildman–Crippen MR) is 108 cm³/mol. The maximum absolute atomic E-state index is 13.3. The number of aromatic nitrogens is 3. The summed E-state index contributed by atoms with van der Waals surface area (Å²) in [4.78, 5) is 24.5. The lowest BCUT2D eigenvalue weighted by Gasteiger charge is -2.10. The van der Waals surface area contributed by atoms with Gasteiger partial charge in [0.05, 0.1) is 5.56 Å². The summed E-state index contributed by atoms with van der Waals surface area (Å²) in [5.74, 6) is -0.542. The standard InChI is InChI=1S/C20H20FN5O3S/c1-13(2)26-30(28,29)18-6-14(8-22-12-18)9-25-20(27)16-10-23-19(24-11-16)15-4-3-5-17(21)7-15/h3-8,10-13,26H,9H2,1-2H3,(H,25,27). The summed E-state index contributed by atoms with van der Waals surface area (Å²) in [6.45, 7) is 3.51. The number of carbonyl (C=O) groups excluding carboxylic acids is 1. The zero-order chi connectivity index (χ0) is 21.7. The van der Waals surface area contributed by atoms with Crippen LogP contribution in [0.1, 0.15) is 29.8 Å². The van der Waals surface area contributed by atoms with Crippen molar-refractivity contribution in [1.82, 2.24) is 25.0 Å². The highest BCUT2D eigenvalue weighted by Crippen LogP contribution is 2.15. The molecule has 1 aromatic carbocycles. The molecule has 0 bridgehead atoms.